The molecule has 1 saturated carbocycles. The minimum atomic E-state index is -0.600. The first-order valence-electron chi connectivity index (χ1n) is 8.05. The smallest absolute Gasteiger partial charge is 0.316 e. The number of benzene rings is 1. The van der Waals surface area contributed by atoms with Crippen LogP contribution in [0.4, 0.5) is 10.5 Å². The van der Waals surface area contributed by atoms with Crippen molar-refractivity contribution in [1.82, 2.24) is 4.90 Å². The van der Waals surface area contributed by atoms with Gasteiger partial charge in [-0.15, -0.1) is 0 Å². The van der Waals surface area contributed by atoms with Gasteiger partial charge < -0.3 is 16.0 Å². The van der Waals surface area contributed by atoms with E-state index in [1.54, 1.807) is 24.3 Å². The summed E-state index contributed by atoms with van der Waals surface area (Å²) in [4.78, 5) is 25.8. The van der Waals surface area contributed by atoms with Crippen LogP contribution >= 0.6 is 0 Å². The topological polar surface area (TPSA) is 75.4 Å². The molecule has 1 aliphatic carbocycles. The van der Waals surface area contributed by atoms with Gasteiger partial charge >= 0.3 is 6.03 Å². The lowest BCUT2D eigenvalue weighted by Gasteiger charge is -2.33. The van der Waals surface area contributed by atoms with Gasteiger partial charge in [0.2, 0.25) is 0 Å². The number of hydrogen-bond acceptors (Lipinski definition) is 2. The number of carbonyl (C=O) groups is 2. The van der Waals surface area contributed by atoms with Crippen molar-refractivity contribution in [3.05, 3.63) is 29.8 Å². The zero-order valence-electron chi connectivity index (χ0n) is 12.9. The molecule has 1 aromatic carbocycles. The second-order valence-electron chi connectivity index (χ2n) is 6.48. The van der Waals surface area contributed by atoms with Crippen LogP contribution in [-0.2, 0) is 0 Å². The molecule has 2 aliphatic rings. The molecular weight excluding hydrogens is 278 g/mol. The average Bonchev–Trinajstić information content (AvgIpc) is 2.82. The van der Waals surface area contributed by atoms with E-state index < -0.39 is 6.03 Å². The minimum Gasteiger partial charge on any atom is -0.351 e. The fourth-order valence-electron chi connectivity index (χ4n) is 4.05. The Labute approximate surface area is 130 Å². The van der Waals surface area contributed by atoms with Gasteiger partial charge in [0, 0.05) is 23.3 Å². The SMILES string of the molecule is C[C@@H]1C[C@@H]2CCCC[C@H]2N1C(=O)c1ccc(NC(N)=O)cc1. The highest BCUT2D eigenvalue weighted by Gasteiger charge is 2.42. The second-order valence-corrected chi connectivity index (χ2v) is 6.48. The minimum absolute atomic E-state index is 0.104. The van der Waals surface area contributed by atoms with E-state index in [9.17, 15) is 9.59 Å². The van der Waals surface area contributed by atoms with Crippen molar-refractivity contribution in [2.75, 3.05) is 5.32 Å². The Balaban J connectivity index is 1.76. The molecule has 3 amide bonds. The van der Waals surface area contributed by atoms with Gasteiger partial charge in [0.15, 0.2) is 0 Å². The zero-order valence-corrected chi connectivity index (χ0v) is 12.9. The number of anilines is 1. The van der Waals surface area contributed by atoms with E-state index in [4.69, 9.17) is 5.73 Å². The number of rotatable bonds is 2. The van der Waals surface area contributed by atoms with E-state index in [-0.39, 0.29) is 5.91 Å². The Kier molecular flexibility index (Phi) is 4.05. The molecule has 0 radical (unpaired) electrons. The second kappa shape index (κ2) is 5.99. The number of fused-ring (bicyclic) bond motifs is 1. The third kappa shape index (κ3) is 2.80. The third-order valence-corrected chi connectivity index (χ3v) is 4.98. The molecule has 2 fully saturated rings. The molecule has 0 aromatic heterocycles. The highest BCUT2D eigenvalue weighted by atomic mass is 16.2. The number of nitrogens with one attached hydrogen (secondary N) is 1. The van der Waals surface area contributed by atoms with Crippen LogP contribution in [0, 0.1) is 5.92 Å². The summed E-state index contributed by atoms with van der Waals surface area (Å²) in [5.41, 5.74) is 6.37. The maximum atomic E-state index is 12.9. The number of primary amides is 1. The van der Waals surface area contributed by atoms with Crippen molar-refractivity contribution >= 4 is 17.6 Å². The van der Waals surface area contributed by atoms with Crippen LogP contribution in [0.2, 0.25) is 0 Å². The van der Waals surface area contributed by atoms with E-state index >= 15 is 0 Å². The first kappa shape index (κ1) is 14.9. The number of amides is 3. The van der Waals surface area contributed by atoms with E-state index in [1.165, 1.54) is 19.3 Å². The van der Waals surface area contributed by atoms with Gasteiger partial charge in [0.1, 0.15) is 0 Å². The molecular formula is C17H23N3O2. The quantitative estimate of drug-likeness (QED) is 0.881. The fraction of sp³-hybridized carbons (Fsp3) is 0.529. The van der Waals surface area contributed by atoms with Crippen molar-refractivity contribution in [3.63, 3.8) is 0 Å². The summed E-state index contributed by atoms with van der Waals surface area (Å²) in [6.45, 7) is 2.15. The Bertz CT molecular complexity index is 570. The van der Waals surface area contributed by atoms with Crippen LogP contribution in [0.25, 0.3) is 0 Å². The van der Waals surface area contributed by atoms with Gasteiger partial charge in [-0.1, -0.05) is 12.8 Å². The highest BCUT2D eigenvalue weighted by Crippen LogP contribution is 2.40. The van der Waals surface area contributed by atoms with Crippen LogP contribution in [0.3, 0.4) is 0 Å². The molecule has 3 atom stereocenters. The summed E-state index contributed by atoms with van der Waals surface area (Å²) >= 11 is 0. The largest absolute Gasteiger partial charge is 0.351 e. The summed E-state index contributed by atoms with van der Waals surface area (Å²) in [6, 6.07) is 7.07. The monoisotopic (exact) mass is 301 g/mol. The van der Waals surface area contributed by atoms with E-state index in [0.717, 1.165) is 12.8 Å². The van der Waals surface area contributed by atoms with E-state index in [2.05, 4.69) is 17.1 Å². The third-order valence-electron chi connectivity index (χ3n) is 4.98. The average molecular weight is 301 g/mol. The number of carbonyl (C=O) groups excluding carboxylic acids is 2. The molecule has 22 heavy (non-hydrogen) atoms. The number of nitrogens with zero attached hydrogens (tertiary/aromatic N) is 1. The molecule has 1 heterocycles. The molecule has 0 bridgehead atoms. The maximum absolute atomic E-state index is 12.9. The first-order valence-corrected chi connectivity index (χ1v) is 8.05. The zero-order chi connectivity index (χ0) is 15.7. The van der Waals surface area contributed by atoms with E-state index in [1.807, 2.05) is 0 Å². The Morgan fingerprint density at radius 2 is 1.86 bits per heavy atom. The highest BCUT2D eigenvalue weighted by molar-refractivity contribution is 5.96. The summed E-state index contributed by atoms with van der Waals surface area (Å²) in [7, 11) is 0. The molecule has 3 rings (SSSR count). The van der Waals surface area contributed by atoms with Gasteiger partial charge in [-0.3, -0.25) is 4.79 Å². The Morgan fingerprint density at radius 3 is 2.55 bits per heavy atom. The van der Waals surface area contributed by atoms with Crippen molar-refractivity contribution in [3.8, 4) is 0 Å². The molecule has 118 valence electrons. The Morgan fingerprint density at radius 1 is 1.18 bits per heavy atom. The summed E-state index contributed by atoms with van der Waals surface area (Å²) in [6.07, 6.45) is 6.02. The van der Waals surface area contributed by atoms with Crippen molar-refractivity contribution in [2.45, 2.75) is 51.1 Å². The van der Waals surface area contributed by atoms with Crippen molar-refractivity contribution in [1.29, 1.82) is 0 Å². The molecule has 1 aliphatic heterocycles. The molecule has 0 spiro atoms. The molecule has 1 aromatic rings. The molecule has 5 nitrogen and oxygen atoms in total. The first-order chi connectivity index (χ1) is 10.6. The van der Waals surface area contributed by atoms with Crippen LogP contribution in [0.15, 0.2) is 24.3 Å². The van der Waals surface area contributed by atoms with Gasteiger partial charge in [0.05, 0.1) is 0 Å². The van der Waals surface area contributed by atoms with Crippen molar-refractivity contribution < 1.29 is 9.59 Å². The lowest BCUT2D eigenvalue weighted by molar-refractivity contribution is 0.0633. The Hall–Kier alpha value is -2.04. The van der Waals surface area contributed by atoms with E-state index in [0.29, 0.717) is 29.3 Å². The molecule has 3 N–H and O–H groups in total. The van der Waals surface area contributed by atoms with Gasteiger partial charge in [-0.25, -0.2) is 4.79 Å². The normalized spacial score (nSPS) is 27.3. The van der Waals surface area contributed by atoms with Crippen molar-refractivity contribution in [2.24, 2.45) is 11.7 Å². The predicted octanol–water partition coefficient (Wildman–Crippen LogP) is 2.97. The lowest BCUT2D eigenvalue weighted by atomic mass is 9.85. The fourth-order valence-corrected chi connectivity index (χ4v) is 4.05. The van der Waals surface area contributed by atoms with Gasteiger partial charge in [-0.05, 0) is 56.4 Å². The predicted molar refractivity (Wildman–Crippen MR) is 85.6 cm³/mol. The summed E-state index contributed by atoms with van der Waals surface area (Å²) in [5.74, 6) is 0.774. The van der Waals surface area contributed by atoms with Gasteiger partial charge in [-0.2, -0.15) is 0 Å². The summed E-state index contributed by atoms with van der Waals surface area (Å²) < 4.78 is 0. The van der Waals surface area contributed by atoms with Crippen LogP contribution in [0.5, 0.6) is 0 Å². The number of hydrogen-bond donors (Lipinski definition) is 2. The molecule has 5 heteroatoms. The molecule has 1 saturated heterocycles. The van der Waals surface area contributed by atoms with Crippen LogP contribution in [-0.4, -0.2) is 28.9 Å². The number of likely N-dealkylation sites (tertiary alicyclic amines) is 1. The summed E-state index contributed by atoms with van der Waals surface area (Å²) in [5, 5.41) is 2.51. The number of nitrogens with two attached hydrogens (primary N) is 1. The molecule has 0 unspecified atom stereocenters. The van der Waals surface area contributed by atoms with Gasteiger partial charge in [0.25, 0.3) is 5.91 Å². The van der Waals surface area contributed by atoms with Crippen LogP contribution < -0.4 is 11.1 Å². The maximum Gasteiger partial charge on any atom is 0.316 e. The lowest BCUT2D eigenvalue weighted by Crippen LogP contribution is -2.42. The standard InChI is InChI=1S/C17H23N3O2/c1-11-10-13-4-2-3-5-15(13)20(11)16(21)12-6-8-14(9-7-12)19-17(18)22/h6-9,11,13,15H,2-5,10H2,1H3,(H3,18,19,22)/t11-,13+,15-/m1/s1. The number of urea groups is 1. The van der Waals surface area contributed by atoms with Crippen LogP contribution in [0.1, 0.15) is 49.4 Å².